The predicted octanol–water partition coefficient (Wildman–Crippen LogP) is 2.04. The molecule has 0 spiro atoms. The number of likely N-dealkylation sites (N-methyl/N-ethyl adjacent to an activating group) is 1. The Morgan fingerprint density at radius 3 is 2.65 bits per heavy atom. The van der Waals surface area contributed by atoms with Crippen molar-refractivity contribution in [3.8, 4) is 0 Å². The molecule has 1 N–H and O–H groups in total. The SMILES string of the molecule is CCOC(=O)N[C@H](Cc1ccccc1)C(=O)N1CCC2CCC(C1)N2C. The molecule has 1 aromatic rings. The quantitative estimate of drug-likeness (QED) is 0.874. The van der Waals surface area contributed by atoms with Crippen LogP contribution >= 0.6 is 0 Å². The number of amides is 2. The van der Waals surface area contributed by atoms with Crippen LogP contribution in [-0.4, -0.2) is 66.7 Å². The number of carbonyl (C=O) groups excluding carboxylic acids is 2. The van der Waals surface area contributed by atoms with Crippen molar-refractivity contribution in [1.29, 1.82) is 0 Å². The van der Waals surface area contributed by atoms with Crippen LogP contribution in [-0.2, 0) is 16.0 Å². The Morgan fingerprint density at radius 1 is 1.19 bits per heavy atom. The second-order valence-corrected chi connectivity index (χ2v) is 7.23. The highest BCUT2D eigenvalue weighted by atomic mass is 16.5. The second kappa shape index (κ2) is 8.54. The summed E-state index contributed by atoms with van der Waals surface area (Å²) in [6.45, 7) is 3.53. The summed E-state index contributed by atoms with van der Waals surface area (Å²) in [5.74, 6) is -0.0112. The molecule has 0 aromatic heterocycles. The summed E-state index contributed by atoms with van der Waals surface area (Å²) in [7, 11) is 2.16. The molecule has 0 radical (unpaired) electrons. The van der Waals surface area contributed by atoms with Crippen molar-refractivity contribution < 1.29 is 14.3 Å². The van der Waals surface area contributed by atoms with E-state index in [1.54, 1.807) is 6.92 Å². The first-order valence-corrected chi connectivity index (χ1v) is 9.56. The van der Waals surface area contributed by atoms with E-state index in [1.807, 2.05) is 35.2 Å². The number of ether oxygens (including phenoxy) is 1. The van der Waals surface area contributed by atoms with Crippen LogP contribution in [0.4, 0.5) is 4.79 Å². The molecule has 0 aliphatic carbocycles. The van der Waals surface area contributed by atoms with E-state index < -0.39 is 12.1 Å². The normalized spacial score (nSPS) is 24.0. The summed E-state index contributed by atoms with van der Waals surface area (Å²) < 4.78 is 5.01. The Balaban J connectivity index is 1.72. The molecule has 2 saturated heterocycles. The lowest BCUT2D eigenvalue weighted by molar-refractivity contribution is -0.133. The van der Waals surface area contributed by atoms with Gasteiger partial charge in [-0.2, -0.15) is 0 Å². The van der Waals surface area contributed by atoms with Gasteiger partial charge in [0.1, 0.15) is 6.04 Å². The lowest BCUT2D eigenvalue weighted by Gasteiger charge is -2.29. The molecule has 6 heteroatoms. The molecule has 3 atom stereocenters. The fourth-order valence-electron chi connectivity index (χ4n) is 4.09. The number of hydrogen-bond donors (Lipinski definition) is 1. The van der Waals surface area contributed by atoms with E-state index in [0.29, 0.717) is 18.5 Å². The van der Waals surface area contributed by atoms with Gasteiger partial charge in [-0.1, -0.05) is 30.3 Å². The van der Waals surface area contributed by atoms with Crippen molar-refractivity contribution in [2.45, 2.75) is 50.7 Å². The number of likely N-dealkylation sites (tertiary alicyclic amines) is 1. The Kier molecular flexibility index (Phi) is 6.14. The monoisotopic (exact) mass is 359 g/mol. The van der Waals surface area contributed by atoms with Crippen LogP contribution < -0.4 is 5.32 Å². The molecule has 0 saturated carbocycles. The van der Waals surface area contributed by atoms with E-state index in [-0.39, 0.29) is 12.5 Å². The third-order valence-corrected chi connectivity index (χ3v) is 5.61. The maximum absolute atomic E-state index is 13.2. The number of fused-ring (bicyclic) bond motifs is 2. The summed E-state index contributed by atoms with van der Waals surface area (Å²) in [5.41, 5.74) is 1.02. The Bertz CT molecular complexity index is 622. The largest absolute Gasteiger partial charge is 0.450 e. The number of nitrogens with one attached hydrogen (secondary N) is 1. The number of alkyl carbamates (subject to hydrolysis) is 1. The lowest BCUT2D eigenvalue weighted by atomic mass is 10.0. The van der Waals surface area contributed by atoms with E-state index in [9.17, 15) is 9.59 Å². The van der Waals surface area contributed by atoms with E-state index in [2.05, 4.69) is 17.3 Å². The summed E-state index contributed by atoms with van der Waals surface area (Å²) in [6, 6.07) is 10.2. The molecule has 1 aromatic carbocycles. The molecule has 2 aliphatic rings. The van der Waals surface area contributed by atoms with E-state index in [0.717, 1.165) is 31.5 Å². The zero-order valence-electron chi connectivity index (χ0n) is 15.7. The molecule has 2 fully saturated rings. The fourth-order valence-corrected chi connectivity index (χ4v) is 4.09. The lowest BCUT2D eigenvalue weighted by Crippen LogP contribution is -2.51. The third-order valence-electron chi connectivity index (χ3n) is 5.61. The van der Waals surface area contributed by atoms with Crippen molar-refractivity contribution in [3.63, 3.8) is 0 Å². The van der Waals surface area contributed by atoms with Gasteiger partial charge >= 0.3 is 6.09 Å². The minimum atomic E-state index is -0.599. The van der Waals surface area contributed by atoms with Gasteiger partial charge in [0.05, 0.1) is 6.61 Å². The van der Waals surface area contributed by atoms with Gasteiger partial charge in [0.2, 0.25) is 5.91 Å². The van der Waals surface area contributed by atoms with Crippen molar-refractivity contribution in [2.75, 3.05) is 26.7 Å². The zero-order chi connectivity index (χ0) is 18.5. The van der Waals surface area contributed by atoms with Crippen LogP contribution in [0.2, 0.25) is 0 Å². The first kappa shape index (κ1) is 18.7. The molecular formula is C20H29N3O3. The number of hydrogen-bond acceptors (Lipinski definition) is 4. The van der Waals surface area contributed by atoms with Crippen LogP contribution in [0.3, 0.4) is 0 Å². The molecule has 2 aliphatic heterocycles. The van der Waals surface area contributed by atoms with Gasteiger partial charge < -0.3 is 15.0 Å². The van der Waals surface area contributed by atoms with Crippen LogP contribution in [0.25, 0.3) is 0 Å². The molecule has 2 heterocycles. The first-order valence-electron chi connectivity index (χ1n) is 9.56. The van der Waals surface area contributed by atoms with Gasteiger partial charge in [-0.15, -0.1) is 0 Å². The van der Waals surface area contributed by atoms with E-state index in [4.69, 9.17) is 4.74 Å². The molecule has 26 heavy (non-hydrogen) atoms. The minimum Gasteiger partial charge on any atom is -0.450 e. The highest BCUT2D eigenvalue weighted by Gasteiger charge is 2.37. The Hall–Kier alpha value is -2.08. The van der Waals surface area contributed by atoms with Crippen molar-refractivity contribution in [1.82, 2.24) is 15.1 Å². The van der Waals surface area contributed by atoms with Crippen molar-refractivity contribution >= 4 is 12.0 Å². The highest BCUT2D eigenvalue weighted by molar-refractivity contribution is 5.86. The van der Waals surface area contributed by atoms with Gasteiger partial charge in [-0.3, -0.25) is 9.69 Å². The molecule has 3 rings (SSSR count). The van der Waals surface area contributed by atoms with E-state index >= 15 is 0 Å². The number of nitrogens with zero attached hydrogens (tertiary/aromatic N) is 2. The van der Waals surface area contributed by atoms with E-state index in [1.165, 1.54) is 6.42 Å². The summed E-state index contributed by atoms with van der Waals surface area (Å²) in [6.07, 6.45) is 3.29. The third kappa shape index (κ3) is 4.36. The maximum atomic E-state index is 13.2. The number of carbonyl (C=O) groups is 2. The van der Waals surface area contributed by atoms with Gasteiger partial charge in [0.15, 0.2) is 0 Å². The summed E-state index contributed by atoms with van der Waals surface area (Å²) in [4.78, 5) is 29.5. The number of rotatable bonds is 5. The van der Waals surface area contributed by atoms with Gasteiger partial charge in [-0.05, 0) is 38.8 Å². The molecule has 2 bridgehead atoms. The predicted molar refractivity (Wildman–Crippen MR) is 99.9 cm³/mol. The summed E-state index contributed by atoms with van der Waals surface area (Å²) >= 11 is 0. The molecule has 142 valence electrons. The summed E-state index contributed by atoms with van der Waals surface area (Å²) in [5, 5.41) is 2.77. The van der Waals surface area contributed by atoms with Crippen LogP contribution in [0, 0.1) is 0 Å². The van der Waals surface area contributed by atoms with Crippen LogP contribution in [0.1, 0.15) is 31.7 Å². The highest BCUT2D eigenvalue weighted by Crippen LogP contribution is 2.28. The smallest absolute Gasteiger partial charge is 0.407 e. The zero-order valence-corrected chi connectivity index (χ0v) is 15.7. The molecule has 2 unspecified atom stereocenters. The topological polar surface area (TPSA) is 61.9 Å². The minimum absolute atomic E-state index is 0.0112. The average molecular weight is 359 g/mol. The van der Waals surface area contributed by atoms with Crippen molar-refractivity contribution in [2.24, 2.45) is 0 Å². The van der Waals surface area contributed by atoms with Gasteiger partial charge in [0.25, 0.3) is 0 Å². The van der Waals surface area contributed by atoms with Crippen LogP contribution in [0.15, 0.2) is 30.3 Å². The second-order valence-electron chi connectivity index (χ2n) is 7.23. The molecular weight excluding hydrogens is 330 g/mol. The number of benzene rings is 1. The van der Waals surface area contributed by atoms with Gasteiger partial charge in [-0.25, -0.2) is 4.79 Å². The maximum Gasteiger partial charge on any atom is 0.407 e. The fraction of sp³-hybridized carbons (Fsp3) is 0.600. The Labute approximate surface area is 155 Å². The molecule has 2 amide bonds. The standard InChI is InChI=1S/C20H29N3O3/c1-3-26-20(25)21-18(13-15-7-5-4-6-8-15)19(24)23-12-11-16-9-10-17(14-23)22(16)2/h4-8,16-18H,3,9-14H2,1-2H3,(H,21,25)/t16?,17?,18-/m1/s1. The van der Waals surface area contributed by atoms with Gasteiger partial charge in [0, 0.05) is 31.6 Å². The first-order chi connectivity index (χ1) is 12.6. The van der Waals surface area contributed by atoms with Crippen molar-refractivity contribution in [3.05, 3.63) is 35.9 Å². The van der Waals surface area contributed by atoms with Crippen LogP contribution in [0.5, 0.6) is 0 Å². The average Bonchev–Trinajstić information content (AvgIpc) is 2.87. The molecule has 6 nitrogen and oxygen atoms in total. The Morgan fingerprint density at radius 2 is 1.92 bits per heavy atom.